The van der Waals surface area contributed by atoms with E-state index in [1.54, 1.807) is 0 Å². The molecule has 94 valence electrons. The summed E-state index contributed by atoms with van der Waals surface area (Å²) in [6.07, 6.45) is 3.97. The number of anilines is 1. The molecular weight excluding hydrogens is 258 g/mol. The zero-order chi connectivity index (χ0) is 13.2. The van der Waals surface area contributed by atoms with E-state index >= 15 is 0 Å². The Kier molecular flexibility index (Phi) is 2.93. The molecule has 2 rings (SSSR count). The van der Waals surface area contributed by atoms with E-state index in [0.717, 1.165) is 0 Å². The fourth-order valence-corrected chi connectivity index (χ4v) is 2.39. The highest BCUT2D eigenvalue weighted by Gasteiger charge is 2.30. The van der Waals surface area contributed by atoms with E-state index < -0.39 is 16.0 Å². The lowest BCUT2D eigenvalue weighted by Gasteiger charge is -2.18. The molecule has 9 nitrogen and oxygen atoms in total. The summed E-state index contributed by atoms with van der Waals surface area (Å²) in [4.78, 5) is 7.51. The quantitative estimate of drug-likeness (QED) is 0.495. The SMILES string of the molecule is N=C(N)N(c1ncccn1)S(=O)(=O)c1ccn[nH]1. The van der Waals surface area contributed by atoms with Gasteiger partial charge in [-0.15, -0.1) is 0 Å². The summed E-state index contributed by atoms with van der Waals surface area (Å²) in [5, 5.41) is 13.0. The molecule has 0 bridgehead atoms. The summed E-state index contributed by atoms with van der Waals surface area (Å²) in [5.74, 6) is -0.921. The molecule has 0 aliphatic rings. The van der Waals surface area contributed by atoms with E-state index in [-0.39, 0.29) is 11.0 Å². The van der Waals surface area contributed by atoms with Gasteiger partial charge in [-0.2, -0.15) is 17.8 Å². The van der Waals surface area contributed by atoms with Gasteiger partial charge in [0, 0.05) is 12.4 Å². The second kappa shape index (κ2) is 4.41. The van der Waals surface area contributed by atoms with Crippen LogP contribution < -0.4 is 10.0 Å². The smallest absolute Gasteiger partial charge is 0.290 e. The second-order valence-electron chi connectivity index (χ2n) is 3.12. The third-order valence-electron chi connectivity index (χ3n) is 1.95. The number of nitrogens with zero attached hydrogens (tertiary/aromatic N) is 4. The first kappa shape index (κ1) is 12.0. The van der Waals surface area contributed by atoms with Crippen LogP contribution in [-0.2, 0) is 10.0 Å². The fraction of sp³-hybridized carbons (Fsp3) is 0. The molecular formula is C8H9N7O2S. The van der Waals surface area contributed by atoms with Crippen LogP contribution in [-0.4, -0.2) is 34.5 Å². The third kappa shape index (κ3) is 2.00. The second-order valence-corrected chi connectivity index (χ2v) is 4.88. The summed E-state index contributed by atoms with van der Waals surface area (Å²) >= 11 is 0. The van der Waals surface area contributed by atoms with E-state index in [1.807, 2.05) is 0 Å². The molecule has 0 aromatic carbocycles. The van der Waals surface area contributed by atoms with Crippen LogP contribution in [0.1, 0.15) is 0 Å². The topological polar surface area (TPSA) is 142 Å². The zero-order valence-corrected chi connectivity index (χ0v) is 9.79. The van der Waals surface area contributed by atoms with Gasteiger partial charge in [-0.05, 0) is 12.1 Å². The Bertz CT molecular complexity index is 637. The maximum absolute atomic E-state index is 12.2. The highest BCUT2D eigenvalue weighted by Crippen LogP contribution is 2.17. The monoisotopic (exact) mass is 267 g/mol. The van der Waals surface area contributed by atoms with Crippen LogP contribution in [0.3, 0.4) is 0 Å². The molecule has 0 fully saturated rings. The average Bonchev–Trinajstić information content (AvgIpc) is 2.83. The zero-order valence-electron chi connectivity index (χ0n) is 8.98. The molecule has 0 unspecified atom stereocenters. The van der Waals surface area contributed by atoms with Crippen molar-refractivity contribution in [1.29, 1.82) is 5.41 Å². The van der Waals surface area contributed by atoms with Crippen LogP contribution in [0.15, 0.2) is 35.7 Å². The van der Waals surface area contributed by atoms with Gasteiger partial charge in [0.25, 0.3) is 10.0 Å². The van der Waals surface area contributed by atoms with Crippen LogP contribution in [0.4, 0.5) is 5.95 Å². The van der Waals surface area contributed by atoms with Crippen LogP contribution in [0.25, 0.3) is 0 Å². The standard InChI is InChI=1S/C8H9N7O2S/c9-7(10)15(8-11-3-1-4-12-8)18(16,17)6-2-5-13-14-6/h1-5H,(H3,9,10)(H,13,14). The maximum Gasteiger partial charge on any atom is 0.290 e. The highest BCUT2D eigenvalue weighted by molar-refractivity contribution is 7.93. The predicted molar refractivity (Wildman–Crippen MR) is 62.2 cm³/mol. The Hall–Kier alpha value is -2.49. The van der Waals surface area contributed by atoms with Crippen molar-refractivity contribution in [1.82, 2.24) is 20.2 Å². The number of sulfonamides is 1. The first-order chi connectivity index (χ1) is 8.53. The van der Waals surface area contributed by atoms with Crippen molar-refractivity contribution in [2.24, 2.45) is 5.73 Å². The Balaban J connectivity index is 2.54. The molecule has 0 spiro atoms. The summed E-state index contributed by atoms with van der Waals surface area (Å²) in [6.45, 7) is 0. The van der Waals surface area contributed by atoms with Crippen LogP contribution >= 0.6 is 0 Å². The van der Waals surface area contributed by atoms with E-state index in [0.29, 0.717) is 4.31 Å². The Labute approximate surface area is 102 Å². The minimum Gasteiger partial charge on any atom is -0.369 e. The lowest BCUT2D eigenvalue weighted by atomic mass is 10.7. The Morgan fingerprint density at radius 2 is 2.00 bits per heavy atom. The summed E-state index contributed by atoms with van der Waals surface area (Å²) in [5.41, 5.74) is 5.28. The van der Waals surface area contributed by atoms with Crippen molar-refractivity contribution in [2.75, 3.05) is 4.31 Å². The largest absolute Gasteiger partial charge is 0.369 e. The number of aromatic amines is 1. The summed E-state index contributed by atoms with van der Waals surface area (Å²) in [6, 6.07) is 2.76. The summed E-state index contributed by atoms with van der Waals surface area (Å²) < 4.78 is 24.9. The van der Waals surface area contributed by atoms with Gasteiger partial charge in [0.05, 0.1) is 6.20 Å². The highest BCUT2D eigenvalue weighted by atomic mass is 32.2. The van der Waals surface area contributed by atoms with Gasteiger partial charge in [0.2, 0.25) is 11.9 Å². The maximum atomic E-state index is 12.2. The first-order valence-electron chi connectivity index (χ1n) is 4.69. The third-order valence-corrected chi connectivity index (χ3v) is 3.57. The molecule has 0 aliphatic carbocycles. The number of hydrogen-bond acceptors (Lipinski definition) is 6. The molecule has 10 heteroatoms. The molecule has 0 amide bonds. The van der Waals surface area contributed by atoms with Crippen molar-refractivity contribution < 1.29 is 8.42 Å². The lowest BCUT2D eigenvalue weighted by Crippen LogP contribution is -2.42. The molecule has 4 N–H and O–H groups in total. The summed E-state index contributed by atoms with van der Waals surface area (Å²) in [7, 11) is -4.07. The molecule has 0 saturated carbocycles. The van der Waals surface area contributed by atoms with Crippen molar-refractivity contribution >= 4 is 21.9 Å². The number of hydrogen-bond donors (Lipinski definition) is 3. The van der Waals surface area contributed by atoms with Gasteiger partial charge in [0.15, 0.2) is 5.03 Å². The Morgan fingerprint density at radius 1 is 1.33 bits per heavy atom. The normalized spacial score (nSPS) is 11.1. The fourth-order valence-electron chi connectivity index (χ4n) is 1.23. The number of rotatable bonds is 3. The van der Waals surface area contributed by atoms with Crippen molar-refractivity contribution in [2.45, 2.75) is 5.03 Å². The molecule has 2 aromatic heterocycles. The van der Waals surface area contributed by atoms with E-state index in [2.05, 4.69) is 20.2 Å². The Morgan fingerprint density at radius 3 is 2.50 bits per heavy atom. The van der Waals surface area contributed by atoms with Gasteiger partial charge < -0.3 is 5.73 Å². The molecule has 2 heterocycles. The first-order valence-corrected chi connectivity index (χ1v) is 6.13. The van der Waals surface area contributed by atoms with Crippen molar-refractivity contribution in [3.63, 3.8) is 0 Å². The molecule has 2 aromatic rings. The van der Waals surface area contributed by atoms with Crippen LogP contribution in [0.5, 0.6) is 0 Å². The minimum atomic E-state index is -4.07. The van der Waals surface area contributed by atoms with Gasteiger partial charge >= 0.3 is 0 Å². The van der Waals surface area contributed by atoms with E-state index in [9.17, 15) is 8.42 Å². The predicted octanol–water partition coefficient (Wildman–Crippen LogP) is -0.712. The number of H-pyrrole nitrogens is 1. The van der Waals surface area contributed by atoms with Crippen molar-refractivity contribution in [3.8, 4) is 0 Å². The average molecular weight is 267 g/mol. The van der Waals surface area contributed by atoms with E-state index in [4.69, 9.17) is 11.1 Å². The number of nitrogens with two attached hydrogens (primary N) is 1. The van der Waals surface area contributed by atoms with Gasteiger partial charge in [-0.25, -0.2) is 9.97 Å². The molecule has 0 aliphatic heterocycles. The number of guanidine groups is 1. The molecule has 18 heavy (non-hydrogen) atoms. The molecule has 0 saturated heterocycles. The van der Waals surface area contributed by atoms with E-state index in [1.165, 1.54) is 30.7 Å². The number of aromatic nitrogens is 4. The lowest BCUT2D eigenvalue weighted by molar-refractivity contribution is 0.592. The van der Waals surface area contributed by atoms with Gasteiger partial charge in [-0.3, -0.25) is 10.5 Å². The molecule has 0 radical (unpaired) electrons. The molecule has 0 atom stereocenters. The van der Waals surface area contributed by atoms with Crippen LogP contribution in [0.2, 0.25) is 0 Å². The minimum absolute atomic E-state index is 0.204. The number of nitrogens with one attached hydrogen (secondary N) is 2. The van der Waals surface area contributed by atoms with Crippen molar-refractivity contribution in [3.05, 3.63) is 30.7 Å². The van der Waals surface area contributed by atoms with Gasteiger partial charge in [0.1, 0.15) is 0 Å². The van der Waals surface area contributed by atoms with Gasteiger partial charge in [-0.1, -0.05) is 0 Å². The van der Waals surface area contributed by atoms with Crippen LogP contribution in [0, 0.1) is 5.41 Å².